The first-order valence-corrected chi connectivity index (χ1v) is 7.70. The third-order valence-electron chi connectivity index (χ3n) is 4.25. The van der Waals surface area contributed by atoms with Crippen LogP contribution < -0.4 is 10.6 Å². The van der Waals surface area contributed by atoms with Gasteiger partial charge >= 0.3 is 0 Å². The molecule has 0 saturated heterocycles. The summed E-state index contributed by atoms with van der Waals surface area (Å²) in [4.78, 5) is 13.2. The van der Waals surface area contributed by atoms with Gasteiger partial charge in [0.25, 0.3) is 0 Å². The fourth-order valence-corrected chi connectivity index (χ4v) is 2.95. The molecule has 4 rings (SSSR count). The Morgan fingerprint density at radius 1 is 1.17 bits per heavy atom. The van der Waals surface area contributed by atoms with Crippen LogP contribution in [0.1, 0.15) is 35.8 Å². The molecule has 0 spiro atoms. The van der Waals surface area contributed by atoms with Crippen molar-refractivity contribution in [3.8, 4) is 0 Å². The molecular weight excluding hydrogens is 335 g/mol. The second-order valence-electron chi connectivity index (χ2n) is 5.77. The summed E-state index contributed by atoms with van der Waals surface area (Å²) < 4.78 is 2.29. The maximum absolute atomic E-state index is 4.44. The van der Waals surface area contributed by atoms with Gasteiger partial charge in [-0.1, -0.05) is 0 Å². The largest absolute Gasteiger partial charge is 0.364 e. The molecule has 1 aliphatic carbocycles. The highest BCUT2D eigenvalue weighted by Gasteiger charge is 2.25. The van der Waals surface area contributed by atoms with Crippen LogP contribution in [0.15, 0.2) is 18.9 Å². The lowest BCUT2D eigenvalue weighted by Gasteiger charge is -2.13. The SMILES string of the molecule is Cl.Cl.c1nc2c(c(NCc3cncn3C3CC3)n1)CCNCC2. The van der Waals surface area contributed by atoms with Gasteiger partial charge in [0.2, 0.25) is 0 Å². The first kappa shape index (κ1) is 18.0. The number of rotatable bonds is 4. The number of halogens is 2. The highest BCUT2D eigenvalue weighted by atomic mass is 35.5. The highest BCUT2D eigenvalue weighted by molar-refractivity contribution is 5.85. The standard InChI is InChI=1S/C15H20N6.2ClH/c1-2-11(1)21-10-17-7-12(21)8-18-15-13-3-5-16-6-4-14(13)19-9-20-15;;/h7,9-11,16H,1-6,8H2,(H,18,19,20);2*1H. The summed E-state index contributed by atoms with van der Waals surface area (Å²) in [7, 11) is 0. The topological polar surface area (TPSA) is 67.7 Å². The smallest absolute Gasteiger partial charge is 0.133 e. The predicted octanol–water partition coefficient (Wildman–Crippen LogP) is 2.15. The summed E-state index contributed by atoms with van der Waals surface area (Å²) in [6.45, 7) is 2.76. The monoisotopic (exact) mass is 356 g/mol. The van der Waals surface area contributed by atoms with Gasteiger partial charge in [-0.25, -0.2) is 15.0 Å². The predicted molar refractivity (Wildman–Crippen MR) is 94.6 cm³/mol. The lowest BCUT2D eigenvalue weighted by molar-refractivity contribution is 0.699. The zero-order chi connectivity index (χ0) is 14.1. The molecule has 126 valence electrons. The zero-order valence-corrected chi connectivity index (χ0v) is 14.5. The van der Waals surface area contributed by atoms with Gasteiger partial charge in [0.1, 0.15) is 12.1 Å². The summed E-state index contributed by atoms with van der Waals surface area (Å²) >= 11 is 0. The van der Waals surface area contributed by atoms with Gasteiger partial charge in [0.05, 0.1) is 24.3 Å². The van der Waals surface area contributed by atoms with Crippen LogP contribution in [0.3, 0.4) is 0 Å². The Hall–Kier alpha value is -1.37. The Balaban J connectivity index is 0.000000960. The van der Waals surface area contributed by atoms with E-state index in [2.05, 4.69) is 30.2 Å². The lowest BCUT2D eigenvalue weighted by Crippen LogP contribution is -2.16. The molecule has 2 aliphatic rings. The number of aromatic nitrogens is 4. The molecule has 8 heteroatoms. The summed E-state index contributed by atoms with van der Waals surface area (Å²) in [6.07, 6.45) is 10.1. The molecule has 0 amide bonds. The average Bonchev–Trinajstić information content (AvgIpc) is 3.29. The van der Waals surface area contributed by atoms with E-state index in [0.29, 0.717) is 6.04 Å². The van der Waals surface area contributed by atoms with Crippen molar-refractivity contribution in [3.63, 3.8) is 0 Å². The van der Waals surface area contributed by atoms with E-state index in [-0.39, 0.29) is 24.8 Å². The van der Waals surface area contributed by atoms with Crippen molar-refractivity contribution in [3.05, 3.63) is 35.8 Å². The van der Waals surface area contributed by atoms with Crippen molar-refractivity contribution in [2.75, 3.05) is 18.4 Å². The lowest BCUT2D eigenvalue weighted by atomic mass is 10.1. The van der Waals surface area contributed by atoms with E-state index >= 15 is 0 Å². The second-order valence-corrected chi connectivity index (χ2v) is 5.77. The van der Waals surface area contributed by atoms with Crippen LogP contribution in [0.2, 0.25) is 0 Å². The Morgan fingerprint density at radius 2 is 2.00 bits per heavy atom. The Morgan fingerprint density at radius 3 is 2.83 bits per heavy atom. The Bertz CT molecular complexity index is 641. The van der Waals surface area contributed by atoms with E-state index in [1.807, 2.05) is 12.5 Å². The van der Waals surface area contributed by atoms with Crippen LogP contribution in [0.25, 0.3) is 0 Å². The fraction of sp³-hybridized carbons (Fsp3) is 0.533. The van der Waals surface area contributed by atoms with Gasteiger partial charge in [0.15, 0.2) is 0 Å². The van der Waals surface area contributed by atoms with E-state index in [0.717, 1.165) is 38.3 Å². The molecule has 1 aliphatic heterocycles. The van der Waals surface area contributed by atoms with Gasteiger partial charge in [-0.3, -0.25) is 0 Å². The van der Waals surface area contributed by atoms with Gasteiger partial charge in [-0.2, -0.15) is 0 Å². The van der Waals surface area contributed by atoms with Crippen LogP contribution in [-0.2, 0) is 19.4 Å². The summed E-state index contributed by atoms with van der Waals surface area (Å²) in [5.41, 5.74) is 3.67. The van der Waals surface area contributed by atoms with Crippen LogP contribution in [0.4, 0.5) is 5.82 Å². The summed E-state index contributed by atoms with van der Waals surface area (Å²) in [5.74, 6) is 0.979. The van der Waals surface area contributed by atoms with Crippen molar-refractivity contribution < 1.29 is 0 Å². The maximum atomic E-state index is 4.44. The zero-order valence-electron chi connectivity index (χ0n) is 12.9. The number of hydrogen-bond donors (Lipinski definition) is 2. The minimum atomic E-state index is 0. The Kier molecular flexibility index (Phi) is 6.21. The van der Waals surface area contributed by atoms with Crippen LogP contribution in [0.5, 0.6) is 0 Å². The molecular formula is C15H22Cl2N6. The molecule has 6 nitrogen and oxygen atoms in total. The highest BCUT2D eigenvalue weighted by Crippen LogP contribution is 2.35. The number of anilines is 1. The average molecular weight is 357 g/mol. The third kappa shape index (κ3) is 3.94. The number of imidazole rings is 1. The van der Waals surface area contributed by atoms with Gasteiger partial charge in [0, 0.05) is 30.8 Å². The van der Waals surface area contributed by atoms with Crippen molar-refractivity contribution >= 4 is 30.6 Å². The second kappa shape index (κ2) is 7.95. The molecule has 1 saturated carbocycles. The van der Waals surface area contributed by atoms with E-state index in [9.17, 15) is 0 Å². The molecule has 0 aromatic carbocycles. The number of nitrogens with zero attached hydrogens (tertiary/aromatic N) is 4. The van der Waals surface area contributed by atoms with E-state index in [4.69, 9.17) is 0 Å². The fourth-order valence-electron chi connectivity index (χ4n) is 2.95. The molecule has 0 radical (unpaired) electrons. The number of nitrogens with one attached hydrogen (secondary N) is 2. The molecule has 23 heavy (non-hydrogen) atoms. The van der Waals surface area contributed by atoms with Crippen molar-refractivity contribution in [1.82, 2.24) is 24.8 Å². The van der Waals surface area contributed by atoms with Gasteiger partial charge in [-0.05, 0) is 25.8 Å². The molecule has 0 atom stereocenters. The van der Waals surface area contributed by atoms with Gasteiger partial charge in [-0.15, -0.1) is 24.8 Å². The molecule has 2 N–H and O–H groups in total. The number of hydrogen-bond acceptors (Lipinski definition) is 5. The minimum Gasteiger partial charge on any atom is -0.364 e. The van der Waals surface area contributed by atoms with Crippen molar-refractivity contribution in [2.24, 2.45) is 0 Å². The van der Waals surface area contributed by atoms with Gasteiger partial charge < -0.3 is 15.2 Å². The van der Waals surface area contributed by atoms with Crippen molar-refractivity contribution in [1.29, 1.82) is 0 Å². The van der Waals surface area contributed by atoms with E-state index in [1.165, 1.54) is 29.8 Å². The number of fused-ring (bicyclic) bond motifs is 1. The summed E-state index contributed by atoms with van der Waals surface area (Å²) in [5, 5.41) is 6.90. The van der Waals surface area contributed by atoms with E-state index in [1.54, 1.807) is 6.33 Å². The first-order chi connectivity index (χ1) is 10.4. The molecule has 2 aromatic heterocycles. The summed E-state index contributed by atoms with van der Waals surface area (Å²) in [6, 6.07) is 0.663. The van der Waals surface area contributed by atoms with Crippen LogP contribution in [0, 0.1) is 0 Å². The molecule has 1 fully saturated rings. The minimum absolute atomic E-state index is 0. The molecule has 0 bridgehead atoms. The third-order valence-corrected chi connectivity index (χ3v) is 4.25. The first-order valence-electron chi connectivity index (χ1n) is 7.70. The Labute approximate surface area is 148 Å². The van der Waals surface area contributed by atoms with Crippen LogP contribution >= 0.6 is 24.8 Å². The molecule has 0 unspecified atom stereocenters. The maximum Gasteiger partial charge on any atom is 0.133 e. The van der Waals surface area contributed by atoms with Crippen molar-refractivity contribution in [2.45, 2.75) is 38.3 Å². The van der Waals surface area contributed by atoms with E-state index < -0.39 is 0 Å². The molecule has 2 aromatic rings. The molecule has 3 heterocycles. The normalized spacial score (nSPS) is 16.5. The quantitative estimate of drug-likeness (QED) is 0.878. The van der Waals surface area contributed by atoms with Crippen LogP contribution in [-0.4, -0.2) is 32.6 Å².